The monoisotopic (exact) mass is 370 g/mol. The van der Waals surface area contributed by atoms with Gasteiger partial charge in [0.25, 0.3) is 0 Å². The van der Waals surface area contributed by atoms with Crippen LogP contribution < -0.4 is 5.32 Å². The van der Waals surface area contributed by atoms with Crippen LogP contribution in [-0.4, -0.2) is 36.0 Å². The molecule has 0 saturated carbocycles. The van der Waals surface area contributed by atoms with Crippen LogP contribution in [0.2, 0.25) is 8.67 Å². The molecule has 1 aromatic heterocycles. The quantitative estimate of drug-likeness (QED) is 0.867. The zero-order valence-electron chi connectivity index (χ0n) is 12.2. The molecule has 0 spiro atoms. The first-order valence-corrected chi connectivity index (χ1v) is 8.53. The Morgan fingerprint density at radius 2 is 2.19 bits per heavy atom. The zero-order chi connectivity index (χ0) is 14.7. The molecule has 0 radical (unpaired) electrons. The second-order valence-corrected chi connectivity index (χ2v) is 7.56. The summed E-state index contributed by atoms with van der Waals surface area (Å²) in [5, 5.41) is 3.38. The first-order chi connectivity index (χ1) is 9.49. The van der Waals surface area contributed by atoms with Crippen molar-refractivity contribution in [3.63, 3.8) is 0 Å². The third kappa shape index (κ3) is 5.00. The van der Waals surface area contributed by atoms with Crippen molar-refractivity contribution < 1.29 is 4.79 Å². The highest BCUT2D eigenvalue weighted by atomic mass is 35.5. The molecule has 1 N–H and O–H groups in total. The van der Waals surface area contributed by atoms with Crippen molar-refractivity contribution in [2.75, 3.05) is 13.1 Å². The van der Waals surface area contributed by atoms with Crippen LogP contribution in [-0.2, 0) is 11.2 Å². The van der Waals surface area contributed by atoms with Gasteiger partial charge >= 0.3 is 0 Å². The fourth-order valence-corrected chi connectivity index (χ4v) is 4.07. The number of thiophene rings is 1. The molecule has 2 atom stereocenters. The summed E-state index contributed by atoms with van der Waals surface area (Å²) >= 11 is 13.4. The molecular formula is C14H21Cl3N2OS. The summed E-state index contributed by atoms with van der Waals surface area (Å²) in [6, 6.07) is 2.52. The average molecular weight is 372 g/mol. The van der Waals surface area contributed by atoms with Crippen molar-refractivity contribution in [3.05, 3.63) is 20.3 Å². The van der Waals surface area contributed by atoms with Gasteiger partial charge in [-0.3, -0.25) is 4.79 Å². The van der Waals surface area contributed by atoms with E-state index >= 15 is 0 Å². The Bertz CT molecular complexity index is 481. The molecule has 21 heavy (non-hydrogen) atoms. The first-order valence-electron chi connectivity index (χ1n) is 6.95. The van der Waals surface area contributed by atoms with Crippen LogP contribution >= 0.6 is 46.9 Å². The molecule has 0 bridgehead atoms. The van der Waals surface area contributed by atoms with Gasteiger partial charge in [0.2, 0.25) is 5.91 Å². The minimum absolute atomic E-state index is 0. The van der Waals surface area contributed by atoms with E-state index in [4.69, 9.17) is 23.2 Å². The number of nitrogens with zero attached hydrogens (tertiary/aromatic N) is 1. The zero-order valence-corrected chi connectivity index (χ0v) is 15.3. The Morgan fingerprint density at radius 3 is 2.81 bits per heavy atom. The maximum atomic E-state index is 12.3. The largest absolute Gasteiger partial charge is 0.337 e. The topological polar surface area (TPSA) is 32.3 Å². The highest BCUT2D eigenvalue weighted by Gasteiger charge is 2.27. The molecule has 1 aliphatic rings. The highest BCUT2D eigenvalue weighted by molar-refractivity contribution is 7.20. The van der Waals surface area contributed by atoms with Crippen LogP contribution in [0.25, 0.3) is 0 Å². The van der Waals surface area contributed by atoms with Crippen LogP contribution in [0.1, 0.15) is 32.3 Å². The maximum Gasteiger partial charge on any atom is 0.222 e. The van der Waals surface area contributed by atoms with Crippen molar-refractivity contribution in [3.8, 4) is 0 Å². The first kappa shape index (κ1) is 19.0. The van der Waals surface area contributed by atoms with E-state index in [-0.39, 0.29) is 24.4 Å². The molecule has 1 amide bonds. The van der Waals surface area contributed by atoms with Gasteiger partial charge in [0.15, 0.2) is 0 Å². The normalized spacial score (nSPS) is 22.0. The summed E-state index contributed by atoms with van der Waals surface area (Å²) in [7, 11) is 0. The molecule has 0 aliphatic carbocycles. The lowest BCUT2D eigenvalue weighted by atomic mass is 10.1. The number of hydrogen-bond donors (Lipinski definition) is 1. The maximum absolute atomic E-state index is 12.3. The molecular weight excluding hydrogens is 351 g/mol. The fraction of sp³-hybridized carbons (Fsp3) is 0.643. The van der Waals surface area contributed by atoms with E-state index in [1.54, 1.807) is 0 Å². The van der Waals surface area contributed by atoms with Gasteiger partial charge in [-0.05, 0) is 38.3 Å². The Balaban J connectivity index is 0.00000220. The summed E-state index contributed by atoms with van der Waals surface area (Å²) in [6.45, 7) is 5.90. The Kier molecular flexibility index (Phi) is 7.79. The van der Waals surface area contributed by atoms with Gasteiger partial charge in [0.05, 0.1) is 8.67 Å². The Labute approximate surface area is 146 Å². The molecule has 2 unspecified atom stereocenters. The van der Waals surface area contributed by atoms with Gasteiger partial charge < -0.3 is 10.2 Å². The number of rotatable bonds is 4. The molecule has 3 nitrogen and oxygen atoms in total. The molecule has 2 rings (SSSR count). The number of piperazine rings is 1. The SMILES string of the molecule is CC1NCCN(C(=O)CCCc2cc(Cl)sc2Cl)C1C.Cl. The van der Waals surface area contributed by atoms with E-state index in [0.29, 0.717) is 16.8 Å². The van der Waals surface area contributed by atoms with Crippen molar-refractivity contribution in [2.24, 2.45) is 0 Å². The van der Waals surface area contributed by atoms with E-state index in [1.807, 2.05) is 11.0 Å². The third-order valence-corrected chi connectivity index (χ3v) is 5.49. The van der Waals surface area contributed by atoms with Gasteiger partial charge in [-0.15, -0.1) is 23.7 Å². The summed E-state index contributed by atoms with van der Waals surface area (Å²) in [5.74, 6) is 0.239. The molecule has 120 valence electrons. The average Bonchev–Trinajstić information content (AvgIpc) is 2.71. The Hall–Kier alpha value is -0.000000000000000222. The lowest BCUT2D eigenvalue weighted by Gasteiger charge is -2.38. The lowest BCUT2D eigenvalue weighted by molar-refractivity contribution is -0.134. The van der Waals surface area contributed by atoms with Crippen LogP contribution in [0.3, 0.4) is 0 Å². The van der Waals surface area contributed by atoms with Crippen molar-refractivity contribution in [1.29, 1.82) is 0 Å². The van der Waals surface area contributed by atoms with Gasteiger partial charge in [-0.1, -0.05) is 23.2 Å². The number of carbonyl (C=O) groups excluding carboxylic acids is 1. The molecule has 7 heteroatoms. The fourth-order valence-electron chi connectivity index (χ4n) is 2.53. The molecule has 1 fully saturated rings. The second kappa shape index (κ2) is 8.59. The van der Waals surface area contributed by atoms with E-state index in [1.165, 1.54) is 11.3 Å². The number of carbonyl (C=O) groups is 1. The van der Waals surface area contributed by atoms with Crippen LogP contribution in [0.4, 0.5) is 0 Å². The van der Waals surface area contributed by atoms with Crippen molar-refractivity contribution >= 4 is 52.9 Å². The Morgan fingerprint density at radius 1 is 1.48 bits per heavy atom. The summed E-state index contributed by atoms with van der Waals surface area (Å²) < 4.78 is 1.45. The van der Waals surface area contributed by atoms with Crippen molar-refractivity contribution in [2.45, 2.75) is 45.2 Å². The van der Waals surface area contributed by atoms with E-state index in [0.717, 1.165) is 35.8 Å². The molecule has 1 saturated heterocycles. The van der Waals surface area contributed by atoms with Crippen LogP contribution in [0.15, 0.2) is 6.07 Å². The number of nitrogens with one attached hydrogen (secondary N) is 1. The molecule has 2 heterocycles. The predicted molar refractivity (Wildman–Crippen MR) is 93.2 cm³/mol. The summed E-state index contributed by atoms with van der Waals surface area (Å²) in [4.78, 5) is 14.3. The van der Waals surface area contributed by atoms with E-state index in [2.05, 4.69) is 19.2 Å². The predicted octanol–water partition coefficient (Wildman–Crippen LogP) is 4.01. The lowest BCUT2D eigenvalue weighted by Crippen LogP contribution is -2.57. The van der Waals surface area contributed by atoms with Crippen LogP contribution in [0.5, 0.6) is 0 Å². The number of halogens is 3. The highest BCUT2D eigenvalue weighted by Crippen LogP contribution is 2.32. The molecule has 1 aliphatic heterocycles. The minimum Gasteiger partial charge on any atom is -0.337 e. The number of amides is 1. The third-order valence-electron chi connectivity index (χ3n) is 3.92. The van der Waals surface area contributed by atoms with Gasteiger partial charge in [-0.2, -0.15) is 0 Å². The number of hydrogen-bond acceptors (Lipinski definition) is 3. The second-order valence-electron chi connectivity index (χ2n) is 5.27. The standard InChI is InChI=1S/C14H20Cl2N2OS.ClH/c1-9-10(2)18(7-6-17-9)13(19)5-3-4-11-8-12(15)20-14(11)16;/h8-10,17H,3-7H2,1-2H3;1H. The van der Waals surface area contributed by atoms with E-state index in [9.17, 15) is 4.79 Å². The van der Waals surface area contributed by atoms with Crippen molar-refractivity contribution in [1.82, 2.24) is 10.2 Å². The smallest absolute Gasteiger partial charge is 0.222 e. The van der Waals surface area contributed by atoms with Gasteiger partial charge in [0, 0.05) is 31.6 Å². The number of aryl methyl sites for hydroxylation is 1. The summed E-state index contributed by atoms with van der Waals surface area (Å²) in [6.07, 6.45) is 2.20. The van der Waals surface area contributed by atoms with Crippen LogP contribution in [0, 0.1) is 0 Å². The van der Waals surface area contributed by atoms with E-state index < -0.39 is 0 Å². The van der Waals surface area contributed by atoms with Gasteiger partial charge in [0.1, 0.15) is 0 Å². The molecule has 1 aromatic rings. The van der Waals surface area contributed by atoms with Gasteiger partial charge in [-0.25, -0.2) is 0 Å². The molecule has 0 aromatic carbocycles. The summed E-state index contributed by atoms with van der Waals surface area (Å²) in [5.41, 5.74) is 1.05. The minimum atomic E-state index is 0.